The predicted molar refractivity (Wildman–Crippen MR) is 93.0 cm³/mol. The lowest BCUT2D eigenvalue weighted by Crippen LogP contribution is -2.23. The van der Waals surface area contributed by atoms with Gasteiger partial charge in [-0.3, -0.25) is 4.98 Å². The highest BCUT2D eigenvalue weighted by atomic mass is 35.5. The molecule has 0 spiro atoms. The molecule has 3 aromatic rings. The lowest BCUT2D eigenvalue weighted by atomic mass is 10.2. The number of rotatable bonds is 5. The van der Waals surface area contributed by atoms with Crippen molar-refractivity contribution in [2.75, 3.05) is 0 Å². The first-order valence-electron chi connectivity index (χ1n) is 6.79. The summed E-state index contributed by atoms with van der Waals surface area (Å²) in [5.41, 5.74) is 1.68. The molecule has 4 nitrogen and oxygen atoms in total. The summed E-state index contributed by atoms with van der Waals surface area (Å²) in [5.74, 6) is 0. The van der Waals surface area contributed by atoms with Gasteiger partial charge in [0.15, 0.2) is 0 Å². The number of aromatic nitrogens is 1. The number of sulfonamides is 1. The average Bonchev–Trinajstić information content (AvgIpc) is 3.08. The number of halogens is 1. The van der Waals surface area contributed by atoms with Gasteiger partial charge in [0.25, 0.3) is 0 Å². The molecule has 0 aliphatic rings. The number of benzene rings is 1. The minimum atomic E-state index is -3.57. The molecule has 0 atom stereocenters. The van der Waals surface area contributed by atoms with E-state index in [0.717, 1.165) is 16.1 Å². The molecule has 0 aliphatic heterocycles. The van der Waals surface area contributed by atoms with Crippen LogP contribution in [0.25, 0.3) is 10.6 Å². The van der Waals surface area contributed by atoms with Crippen LogP contribution in [0.2, 0.25) is 5.02 Å². The molecule has 0 unspecified atom stereocenters. The molecule has 23 heavy (non-hydrogen) atoms. The van der Waals surface area contributed by atoms with Crippen LogP contribution in [0.4, 0.5) is 0 Å². The third kappa shape index (κ3) is 3.97. The standard InChI is InChI=1S/C16H13ClN2O2S2/c17-13-3-5-14(6-4-13)23(20,21)19-11-12-7-8-18-15(10-12)16-2-1-9-22-16/h1-10,19H,11H2. The monoisotopic (exact) mass is 364 g/mol. The van der Waals surface area contributed by atoms with Gasteiger partial charge in [-0.25, -0.2) is 13.1 Å². The molecule has 0 saturated carbocycles. The lowest BCUT2D eigenvalue weighted by molar-refractivity contribution is 0.581. The van der Waals surface area contributed by atoms with E-state index in [4.69, 9.17) is 11.6 Å². The van der Waals surface area contributed by atoms with Crippen molar-refractivity contribution in [2.45, 2.75) is 11.4 Å². The van der Waals surface area contributed by atoms with Crippen molar-refractivity contribution in [3.05, 3.63) is 70.7 Å². The normalized spacial score (nSPS) is 11.5. The van der Waals surface area contributed by atoms with Gasteiger partial charge < -0.3 is 0 Å². The molecule has 1 N–H and O–H groups in total. The highest BCUT2D eigenvalue weighted by Crippen LogP contribution is 2.23. The molecule has 1 aromatic carbocycles. The molecule has 118 valence electrons. The molecule has 2 heterocycles. The van der Waals surface area contributed by atoms with E-state index in [0.29, 0.717) is 5.02 Å². The van der Waals surface area contributed by atoms with Crippen molar-refractivity contribution in [3.63, 3.8) is 0 Å². The quantitative estimate of drug-likeness (QED) is 0.745. The van der Waals surface area contributed by atoms with Crippen LogP contribution < -0.4 is 4.72 Å². The SMILES string of the molecule is O=S(=O)(NCc1ccnc(-c2cccs2)c1)c1ccc(Cl)cc1. The van der Waals surface area contributed by atoms with Gasteiger partial charge in [-0.15, -0.1) is 11.3 Å². The van der Waals surface area contributed by atoms with Crippen LogP contribution in [-0.2, 0) is 16.6 Å². The van der Waals surface area contributed by atoms with Crippen molar-refractivity contribution in [1.29, 1.82) is 0 Å². The van der Waals surface area contributed by atoms with Gasteiger partial charge in [0.1, 0.15) is 0 Å². The van der Waals surface area contributed by atoms with Crippen LogP contribution in [0, 0.1) is 0 Å². The fourth-order valence-corrected chi connectivity index (χ4v) is 3.86. The summed E-state index contributed by atoms with van der Waals surface area (Å²) in [6.45, 7) is 0.200. The Morgan fingerprint density at radius 1 is 1.13 bits per heavy atom. The van der Waals surface area contributed by atoms with E-state index in [1.165, 1.54) is 12.1 Å². The molecule has 2 aromatic heterocycles. The largest absolute Gasteiger partial charge is 0.255 e. The minimum Gasteiger partial charge on any atom is -0.255 e. The Labute approximate surface area is 143 Å². The number of hydrogen-bond acceptors (Lipinski definition) is 4. The third-order valence-corrected chi connectivity index (χ3v) is 5.75. The van der Waals surface area contributed by atoms with Crippen molar-refractivity contribution in [2.24, 2.45) is 0 Å². The first-order valence-corrected chi connectivity index (χ1v) is 9.53. The second-order valence-corrected chi connectivity index (χ2v) is 7.96. The Kier molecular flexibility index (Phi) is 4.77. The molecule has 0 saturated heterocycles. The maximum Gasteiger partial charge on any atom is 0.240 e. The summed E-state index contributed by atoms with van der Waals surface area (Å²) in [4.78, 5) is 5.55. The fourth-order valence-electron chi connectivity index (χ4n) is 2.02. The molecule has 0 bridgehead atoms. The molecule has 0 aliphatic carbocycles. The Balaban J connectivity index is 1.75. The second kappa shape index (κ2) is 6.80. The Morgan fingerprint density at radius 3 is 2.61 bits per heavy atom. The van der Waals surface area contributed by atoms with Crippen LogP contribution in [0.5, 0.6) is 0 Å². The van der Waals surface area contributed by atoms with Crippen molar-refractivity contribution in [1.82, 2.24) is 9.71 Å². The van der Waals surface area contributed by atoms with E-state index in [1.807, 2.05) is 23.6 Å². The highest BCUT2D eigenvalue weighted by Gasteiger charge is 2.13. The Bertz CT molecular complexity index is 892. The van der Waals surface area contributed by atoms with Gasteiger partial charge in [0, 0.05) is 17.8 Å². The van der Waals surface area contributed by atoms with Crippen LogP contribution in [-0.4, -0.2) is 13.4 Å². The molecular formula is C16H13ClN2O2S2. The molecule has 0 fully saturated rings. The van der Waals surface area contributed by atoms with Gasteiger partial charge in [0.05, 0.1) is 15.5 Å². The summed E-state index contributed by atoms with van der Waals surface area (Å²) in [7, 11) is -3.57. The topological polar surface area (TPSA) is 59.1 Å². The number of nitrogens with one attached hydrogen (secondary N) is 1. The summed E-state index contributed by atoms with van der Waals surface area (Å²) in [5, 5.41) is 2.48. The van der Waals surface area contributed by atoms with Crippen molar-refractivity contribution in [3.8, 4) is 10.6 Å². The van der Waals surface area contributed by atoms with Crippen molar-refractivity contribution >= 4 is 33.0 Å². The third-order valence-electron chi connectivity index (χ3n) is 3.19. The number of pyridine rings is 1. The zero-order valence-corrected chi connectivity index (χ0v) is 14.3. The maximum absolute atomic E-state index is 12.3. The van der Waals surface area contributed by atoms with Gasteiger partial charge in [-0.1, -0.05) is 17.7 Å². The predicted octanol–water partition coefficient (Wildman–Crippen LogP) is 3.94. The smallest absolute Gasteiger partial charge is 0.240 e. The summed E-state index contributed by atoms with van der Waals surface area (Å²) < 4.78 is 27.1. The van der Waals surface area contributed by atoms with Gasteiger partial charge in [-0.2, -0.15) is 0 Å². The Hall–Kier alpha value is -1.73. The molecule has 0 amide bonds. The number of hydrogen-bond donors (Lipinski definition) is 1. The van der Waals surface area contributed by atoms with Crippen LogP contribution in [0.15, 0.2) is 65.0 Å². The maximum atomic E-state index is 12.3. The van der Waals surface area contributed by atoms with Crippen LogP contribution in [0.3, 0.4) is 0 Å². The van der Waals surface area contributed by atoms with Crippen LogP contribution >= 0.6 is 22.9 Å². The molecule has 7 heteroatoms. The van der Waals surface area contributed by atoms with Gasteiger partial charge in [-0.05, 0) is 53.4 Å². The number of nitrogens with zero attached hydrogens (tertiary/aromatic N) is 1. The summed E-state index contributed by atoms with van der Waals surface area (Å²) >= 11 is 7.37. The van der Waals surface area contributed by atoms with E-state index < -0.39 is 10.0 Å². The van der Waals surface area contributed by atoms with Gasteiger partial charge in [0.2, 0.25) is 10.0 Å². The molecular weight excluding hydrogens is 352 g/mol. The van der Waals surface area contributed by atoms with E-state index in [2.05, 4.69) is 9.71 Å². The zero-order chi connectivity index (χ0) is 16.3. The van der Waals surface area contributed by atoms with E-state index in [1.54, 1.807) is 35.7 Å². The first kappa shape index (κ1) is 16.1. The highest BCUT2D eigenvalue weighted by molar-refractivity contribution is 7.89. The van der Waals surface area contributed by atoms with Gasteiger partial charge >= 0.3 is 0 Å². The number of thiophene rings is 1. The van der Waals surface area contributed by atoms with Crippen LogP contribution in [0.1, 0.15) is 5.56 Å². The Morgan fingerprint density at radius 2 is 1.91 bits per heavy atom. The second-order valence-electron chi connectivity index (χ2n) is 4.81. The molecule has 0 radical (unpaired) electrons. The lowest BCUT2D eigenvalue weighted by Gasteiger charge is -2.08. The van der Waals surface area contributed by atoms with E-state index in [-0.39, 0.29) is 11.4 Å². The summed E-state index contributed by atoms with van der Waals surface area (Å²) in [6.07, 6.45) is 1.68. The zero-order valence-electron chi connectivity index (χ0n) is 11.9. The van der Waals surface area contributed by atoms with E-state index in [9.17, 15) is 8.42 Å². The minimum absolute atomic E-state index is 0.189. The van der Waals surface area contributed by atoms with E-state index >= 15 is 0 Å². The first-order chi connectivity index (χ1) is 11.0. The average molecular weight is 365 g/mol. The fraction of sp³-hybridized carbons (Fsp3) is 0.0625. The van der Waals surface area contributed by atoms with Crippen molar-refractivity contribution < 1.29 is 8.42 Å². The molecule has 3 rings (SSSR count). The summed E-state index contributed by atoms with van der Waals surface area (Å²) in [6, 6.07) is 13.7.